The first-order valence-corrected chi connectivity index (χ1v) is 8.90. The van der Waals surface area contributed by atoms with Crippen LogP contribution in [0, 0.1) is 0 Å². The number of aryl methyl sites for hydroxylation is 1. The van der Waals surface area contributed by atoms with E-state index in [-0.39, 0.29) is 0 Å². The second kappa shape index (κ2) is 7.11. The summed E-state index contributed by atoms with van der Waals surface area (Å²) in [6.07, 6.45) is 12.3. The lowest BCUT2D eigenvalue weighted by atomic mass is 9.90. The van der Waals surface area contributed by atoms with E-state index in [4.69, 9.17) is 0 Å². The molecule has 0 bridgehead atoms. The van der Waals surface area contributed by atoms with E-state index >= 15 is 0 Å². The lowest BCUT2D eigenvalue weighted by molar-refractivity contribution is 0.666. The van der Waals surface area contributed by atoms with Crippen LogP contribution in [0.3, 0.4) is 0 Å². The molecular formula is C21H28. The van der Waals surface area contributed by atoms with Crippen molar-refractivity contribution in [3.05, 3.63) is 47.5 Å². The van der Waals surface area contributed by atoms with Gasteiger partial charge in [-0.15, -0.1) is 0 Å². The highest BCUT2D eigenvalue weighted by atomic mass is 14.2. The highest BCUT2D eigenvalue weighted by molar-refractivity contribution is 5.86. The molecule has 1 aliphatic carbocycles. The Labute approximate surface area is 129 Å². The van der Waals surface area contributed by atoms with E-state index in [9.17, 15) is 0 Å². The van der Waals surface area contributed by atoms with Gasteiger partial charge in [-0.25, -0.2) is 0 Å². The third-order valence-electron chi connectivity index (χ3n) is 5.10. The van der Waals surface area contributed by atoms with Gasteiger partial charge in [-0.2, -0.15) is 0 Å². The van der Waals surface area contributed by atoms with Gasteiger partial charge in [-0.05, 0) is 53.5 Å². The van der Waals surface area contributed by atoms with Crippen LogP contribution in [0.25, 0.3) is 10.8 Å². The zero-order valence-corrected chi connectivity index (χ0v) is 13.4. The first-order chi connectivity index (χ1) is 10.4. The molecule has 3 rings (SSSR count). The van der Waals surface area contributed by atoms with Gasteiger partial charge in [0.2, 0.25) is 0 Å². The molecule has 21 heavy (non-hydrogen) atoms. The monoisotopic (exact) mass is 280 g/mol. The van der Waals surface area contributed by atoms with Gasteiger partial charge < -0.3 is 0 Å². The number of rotatable bonds is 6. The van der Waals surface area contributed by atoms with Crippen LogP contribution in [0.2, 0.25) is 0 Å². The van der Waals surface area contributed by atoms with Gasteiger partial charge in [0.25, 0.3) is 0 Å². The first-order valence-electron chi connectivity index (χ1n) is 8.90. The summed E-state index contributed by atoms with van der Waals surface area (Å²) in [6, 6.07) is 14.0. The van der Waals surface area contributed by atoms with Crippen LogP contribution < -0.4 is 0 Å². The molecule has 0 unspecified atom stereocenters. The van der Waals surface area contributed by atoms with Gasteiger partial charge in [0, 0.05) is 0 Å². The number of hydrogen-bond donors (Lipinski definition) is 0. The second-order valence-corrected chi connectivity index (χ2v) is 6.69. The molecule has 2 aromatic carbocycles. The number of unbranched alkanes of at least 4 members (excludes halogenated alkanes) is 3. The predicted molar refractivity (Wildman–Crippen MR) is 93.0 cm³/mol. The van der Waals surface area contributed by atoms with E-state index in [1.165, 1.54) is 68.6 Å². The zero-order valence-electron chi connectivity index (χ0n) is 13.4. The summed E-state index contributed by atoms with van der Waals surface area (Å²) < 4.78 is 0. The zero-order chi connectivity index (χ0) is 14.5. The van der Waals surface area contributed by atoms with Crippen LogP contribution in [0.4, 0.5) is 0 Å². The molecule has 0 nitrogen and oxygen atoms in total. The van der Waals surface area contributed by atoms with Crippen molar-refractivity contribution >= 4 is 10.8 Å². The number of benzene rings is 2. The first kappa shape index (κ1) is 14.6. The summed E-state index contributed by atoms with van der Waals surface area (Å²) in [6.45, 7) is 2.29. The normalized spacial score (nSPS) is 15.9. The quantitative estimate of drug-likeness (QED) is 0.521. The number of hydrogen-bond acceptors (Lipinski definition) is 0. The highest BCUT2D eigenvalue weighted by Crippen LogP contribution is 2.36. The van der Waals surface area contributed by atoms with Crippen LogP contribution in [-0.2, 0) is 6.42 Å². The summed E-state index contributed by atoms with van der Waals surface area (Å²) >= 11 is 0. The fourth-order valence-electron chi connectivity index (χ4n) is 3.86. The second-order valence-electron chi connectivity index (χ2n) is 6.69. The van der Waals surface area contributed by atoms with Crippen LogP contribution in [0.5, 0.6) is 0 Å². The predicted octanol–water partition coefficient (Wildman–Crippen LogP) is 6.62. The summed E-state index contributed by atoms with van der Waals surface area (Å²) in [7, 11) is 0. The molecule has 2 aromatic rings. The molecular weight excluding hydrogens is 252 g/mol. The SMILES string of the molecule is CCCCCCc1cc(C2CCCC2)cc2ccccc12. The van der Waals surface area contributed by atoms with E-state index in [1.807, 2.05) is 0 Å². The Balaban J connectivity index is 1.87. The van der Waals surface area contributed by atoms with Crippen molar-refractivity contribution in [2.45, 2.75) is 70.6 Å². The number of fused-ring (bicyclic) bond motifs is 1. The van der Waals surface area contributed by atoms with Crippen molar-refractivity contribution in [2.75, 3.05) is 0 Å². The van der Waals surface area contributed by atoms with Crippen molar-refractivity contribution in [2.24, 2.45) is 0 Å². The van der Waals surface area contributed by atoms with Crippen molar-refractivity contribution in [1.82, 2.24) is 0 Å². The van der Waals surface area contributed by atoms with E-state index in [2.05, 4.69) is 43.3 Å². The minimum atomic E-state index is 0.823. The third kappa shape index (κ3) is 3.48. The van der Waals surface area contributed by atoms with Crippen LogP contribution >= 0.6 is 0 Å². The Kier molecular flexibility index (Phi) is 4.95. The van der Waals surface area contributed by atoms with Gasteiger partial charge >= 0.3 is 0 Å². The molecule has 1 fully saturated rings. The average Bonchev–Trinajstić information content (AvgIpc) is 3.05. The average molecular weight is 280 g/mol. The third-order valence-corrected chi connectivity index (χ3v) is 5.10. The standard InChI is InChI=1S/C21H28/c1-2-3-4-5-12-18-15-20(17-10-6-7-11-17)16-19-13-8-9-14-21(18)19/h8-9,13-17H,2-7,10-12H2,1H3. The molecule has 0 amide bonds. The molecule has 1 saturated carbocycles. The minimum absolute atomic E-state index is 0.823. The van der Waals surface area contributed by atoms with Crippen molar-refractivity contribution in [1.29, 1.82) is 0 Å². The Morgan fingerprint density at radius 3 is 2.57 bits per heavy atom. The van der Waals surface area contributed by atoms with Gasteiger partial charge in [-0.1, -0.05) is 75.4 Å². The Hall–Kier alpha value is -1.30. The van der Waals surface area contributed by atoms with Crippen LogP contribution in [-0.4, -0.2) is 0 Å². The van der Waals surface area contributed by atoms with E-state index < -0.39 is 0 Å². The summed E-state index contributed by atoms with van der Waals surface area (Å²) in [4.78, 5) is 0. The fourth-order valence-corrected chi connectivity index (χ4v) is 3.86. The van der Waals surface area contributed by atoms with Gasteiger partial charge in [0.15, 0.2) is 0 Å². The van der Waals surface area contributed by atoms with E-state index in [0.717, 1.165) is 5.92 Å². The van der Waals surface area contributed by atoms with Gasteiger partial charge in [0.05, 0.1) is 0 Å². The summed E-state index contributed by atoms with van der Waals surface area (Å²) in [5, 5.41) is 2.93. The molecule has 0 heterocycles. The Morgan fingerprint density at radius 1 is 0.952 bits per heavy atom. The molecule has 0 N–H and O–H groups in total. The maximum atomic E-state index is 2.53. The van der Waals surface area contributed by atoms with Gasteiger partial charge in [-0.3, -0.25) is 0 Å². The highest BCUT2D eigenvalue weighted by Gasteiger charge is 2.18. The summed E-state index contributed by atoms with van der Waals surface area (Å²) in [5.74, 6) is 0.823. The molecule has 0 heteroatoms. The molecule has 0 radical (unpaired) electrons. The van der Waals surface area contributed by atoms with E-state index in [1.54, 1.807) is 11.1 Å². The van der Waals surface area contributed by atoms with Gasteiger partial charge in [0.1, 0.15) is 0 Å². The van der Waals surface area contributed by atoms with E-state index in [0.29, 0.717) is 0 Å². The smallest absolute Gasteiger partial charge is 0.0152 e. The van der Waals surface area contributed by atoms with Crippen molar-refractivity contribution < 1.29 is 0 Å². The maximum Gasteiger partial charge on any atom is -0.0152 e. The molecule has 0 aromatic heterocycles. The molecule has 1 aliphatic rings. The topological polar surface area (TPSA) is 0 Å². The molecule has 0 saturated heterocycles. The fraction of sp³-hybridized carbons (Fsp3) is 0.524. The van der Waals surface area contributed by atoms with Crippen LogP contribution in [0.1, 0.15) is 75.3 Å². The lowest BCUT2D eigenvalue weighted by Gasteiger charge is -2.15. The van der Waals surface area contributed by atoms with Crippen molar-refractivity contribution in [3.63, 3.8) is 0 Å². The van der Waals surface area contributed by atoms with Crippen molar-refractivity contribution in [3.8, 4) is 0 Å². The largest absolute Gasteiger partial charge is 0.0654 e. The summed E-state index contributed by atoms with van der Waals surface area (Å²) in [5.41, 5.74) is 3.20. The van der Waals surface area contributed by atoms with Crippen LogP contribution in [0.15, 0.2) is 36.4 Å². The minimum Gasteiger partial charge on any atom is -0.0654 e. The molecule has 112 valence electrons. The maximum absolute atomic E-state index is 2.53. The Bertz CT molecular complexity index is 576. The molecule has 0 aliphatic heterocycles. The Morgan fingerprint density at radius 2 is 1.76 bits per heavy atom. The molecule has 0 spiro atoms. The molecule has 0 atom stereocenters. The lowest BCUT2D eigenvalue weighted by Crippen LogP contribution is -1.96.